The van der Waals surface area contributed by atoms with Gasteiger partial charge in [0.2, 0.25) is 0 Å². The number of aryl methyl sites for hydroxylation is 1. The van der Waals surface area contributed by atoms with Crippen LogP contribution in [0.15, 0.2) is 6.07 Å². The zero-order chi connectivity index (χ0) is 26.2. The van der Waals surface area contributed by atoms with E-state index in [1.165, 1.54) is 32.8 Å². The molecule has 0 spiro atoms. The minimum atomic E-state index is -4.78. The molecule has 0 radical (unpaired) electrons. The molecule has 3 aromatic rings. The van der Waals surface area contributed by atoms with Gasteiger partial charge in [-0.3, -0.25) is 9.59 Å². The molecule has 0 unspecified atom stereocenters. The zero-order valence-electron chi connectivity index (χ0n) is 19.3. The van der Waals surface area contributed by atoms with Gasteiger partial charge in [-0.1, -0.05) is 18.5 Å². The number of aromatic nitrogens is 3. The number of alkyl halides is 3. The maximum absolute atomic E-state index is 13.5. The number of nitrogens with zero attached hydrogens (tertiary/aromatic N) is 4. The molecule has 3 heterocycles. The maximum Gasteiger partial charge on any atom is 0.433 e. The second kappa shape index (κ2) is 9.82. The van der Waals surface area contributed by atoms with Crippen LogP contribution in [0.1, 0.15) is 60.8 Å². The van der Waals surface area contributed by atoms with Crippen molar-refractivity contribution in [2.75, 3.05) is 26.0 Å². The van der Waals surface area contributed by atoms with Crippen molar-refractivity contribution in [1.82, 2.24) is 19.5 Å². The van der Waals surface area contributed by atoms with E-state index >= 15 is 0 Å². The third-order valence-electron chi connectivity index (χ3n) is 4.78. The zero-order valence-corrected chi connectivity index (χ0v) is 20.9. The van der Waals surface area contributed by atoms with Gasteiger partial charge in [0.05, 0.1) is 17.0 Å². The van der Waals surface area contributed by atoms with E-state index in [1.54, 1.807) is 6.92 Å². The number of anilines is 1. The van der Waals surface area contributed by atoms with Gasteiger partial charge in [0.25, 0.3) is 11.8 Å². The number of hydrogen-bond acceptors (Lipinski definition) is 7. The number of rotatable bonds is 6. The van der Waals surface area contributed by atoms with Crippen molar-refractivity contribution < 1.29 is 32.3 Å². The molecule has 1 N–H and O–H groups in total. The Kier molecular flexibility index (Phi) is 7.41. The predicted octanol–water partition coefficient (Wildman–Crippen LogP) is 4.60. The fourth-order valence-corrected chi connectivity index (χ4v) is 4.60. The molecule has 0 aliphatic heterocycles. The van der Waals surface area contributed by atoms with Crippen LogP contribution in [0.5, 0.6) is 0 Å². The fourth-order valence-electron chi connectivity index (χ4n) is 3.14. The standard InChI is InChI=1S/C21H21ClF3N5O4S/c1-6-7-34-20(33)12-10(3)15(19(32)29(4)5)35-18(12)27-17(31)14-13(22)16-26-9(2)8-11(21(23,24)25)30(16)28-14/h8H,6-7H2,1-5H3,(H,27,31). The monoisotopic (exact) mass is 531 g/mol. The SMILES string of the molecule is CCCOC(=O)c1c(NC(=O)c2nn3c(C(F)(F)F)cc(C)nc3c2Cl)sc(C(=O)N(C)C)c1C. The number of carbonyl (C=O) groups excluding carboxylic acids is 3. The van der Waals surface area contributed by atoms with Crippen molar-refractivity contribution in [3.63, 3.8) is 0 Å². The Balaban J connectivity index is 2.09. The van der Waals surface area contributed by atoms with E-state index in [4.69, 9.17) is 16.3 Å². The molecule has 0 atom stereocenters. The summed E-state index contributed by atoms with van der Waals surface area (Å²) in [5.41, 5.74) is -1.75. The Morgan fingerprint density at radius 2 is 1.91 bits per heavy atom. The molecule has 0 aromatic carbocycles. The van der Waals surface area contributed by atoms with Crippen LogP contribution in [-0.4, -0.2) is 58.0 Å². The quantitative estimate of drug-likeness (QED) is 0.466. The number of halogens is 4. The van der Waals surface area contributed by atoms with Crippen LogP contribution in [-0.2, 0) is 10.9 Å². The predicted molar refractivity (Wildman–Crippen MR) is 123 cm³/mol. The van der Waals surface area contributed by atoms with Crippen LogP contribution in [0, 0.1) is 13.8 Å². The topological polar surface area (TPSA) is 106 Å². The Morgan fingerprint density at radius 1 is 1.26 bits per heavy atom. The molecule has 9 nitrogen and oxygen atoms in total. The number of nitrogens with one attached hydrogen (secondary N) is 1. The minimum absolute atomic E-state index is 0.0212. The molecule has 2 amide bonds. The molecule has 35 heavy (non-hydrogen) atoms. The van der Waals surface area contributed by atoms with Crippen molar-refractivity contribution in [1.29, 1.82) is 0 Å². The van der Waals surface area contributed by atoms with E-state index in [1.807, 2.05) is 0 Å². The number of fused-ring (bicyclic) bond motifs is 1. The average molecular weight is 532 g/mol. The second-order valence-electron chi connectivity index (χ2n) is 7.73. The van der Waals surface area contributed by atoms with Gasteiger partial charge in [0.15, 0.2) is 11.3 Å². The summed E-state index contributed by atoms with van der Waals surface area (Å²) >= 11 is 7.02. The van der Waals surface area contributed by atoms with Gasteiger partial charge in [0.1, 0.15) is 15.7 Å². The largest absolute Gasteiger partial charge is 0.462 e. The lowest BCUT2D eigenvalue weighted by Gasteiger charge is -2.09. The normalized spacial score (nSPS) is 11.6. The highest BCUT2D eigenvalue weighted by molar-refractivity contribution is 7.18. The first-order valence-corrected chi connectivity index (χ1v) is 11.4. The van der Waals surface area contributed by atoms with Crippen molar-refractivity contribution in [2.24, 2.45) is 0 Å². The molecule has 0 saturated heterocycles. The minimum Gasteiger partial charge on any atom is -0.462 e. The van der Waals surface area contributed by atoms with Gasteiger partial charge in [-0.15, -0.1) is 11.3 Å². The molecule has 0 saturated carbocycles. The third kappa shape index (κ3) is 5.10. The van der Waals surface area contributed by atoms with Gasteiger partial charge in [-0.05, 0) is 31.9 Å². The molecule has 0 fully saturated rings. The number of amides is 2. The van der Waals surface area contributed by atoms with E-state index in [0.717, 1.165) is 17.4 Å². The van der Waals surface area contributed by atoms with Crippen molar-refractivity contribution in [2.45, 2.75) is 33.4 Å². The second-order valence-corrected chi connectivity index (χ2v) is 9.13. The van der Waals surface area contributed by atoms with E-state index in [0.29, 0.717) is 16.5 Å². The fraction of sp³-hybridized carbons (Fsp3) is 0.381. The van der Waals surface area contributed by atoms with Gasteiger partial charge in [0, 0.05) is 19.8 Å². The van der Waals surface area contributed by atoms with Gasteiger partial charge < -0.3 is 15.0 Å². The third-order valence-corrected chi connectivity index (χ3v) is 6.33. The van der Waals surface area contributed by atoms with Gasteiger partial charge in [-0.25, -0.2) is 14.3 Å². The molecule has 0 aliphatic rings. The number of hydrogen-bond donors (Lipinski definition) is 1. The molecular formula is C21H21ClF3N5O4S. The highest BCUT2D eigenvalue weighted by atomic mass is 35.5. The summed E-state index contributed by atoms with van der Waals surface area (Å²) in [5, 5.41) is 5.77. The molecule has 3 rings (SSSR count). The Hall–Kier alpha value is -3.19. The van der Waals surface area contributed by atoms with Crippen LogP contribution in [0.2, 0.25) is 5.02 Å². The lowest BCUT2D eigenvalue weighted by molar-refractivity contribution is -0.142. The maximum atomic E-state index is 13.5. The van der Waals surface area contributed by atoms with Crippen molar-refractivity contribution in [3.05, 3.63) is 44.2 Å². The highest BCUT2D eigenvalue weighted by Gasteiger charge is 2.36. The first-order valence-electron chi connectivity index (χ1n) is 10.2. The van der Waals surface area contributed by atoms with Crippen LogP contribution in [0.3, 0.4) is 0 Å². The summed E-state index contributed by atoms with van der Waals surface area (Å²) in [6.07, 6.45) is -4.23. The number of carbonyl (C=O) groups is 3. The van der Waals surface area contributed by atoms with Crippen LogP contribution >= 0.6 is 22.9 Å². The summed E-state index contributed by atoms with van der Waals surface area (Å²) in [5.74, 6) is -2.15. The Morgan fingerprint density at radius 3 is 2.49 bits per heavy atom. The van der Waals surface area contributed by atoms with Crippen molar-refractivity contribution in [3.8, 4) is 0 Å². The van der Waals surface area contributed by atoms with Crippen molar-refractivity contribution >= 4 is 51.4 Å². The van der Waals surface area contributed by atoms with E-state index < -0.39 is 40.4 Å². The number of esters is 1. The molecular weight excluding hydrogens is 511 g/mol. The summed E-state index contributed by atoms with van der Waals surface area (Å²) in [6, 6.07) is 0.779. The molecule has 0 bridgehead atoms. The molecule has 14 heteroatoms. The van der Waals surface area contributed by atoms with E-state index in [9.17, 15) is 27.6 Å². The summed E-state index contributed by atoms with van der Waals surface area (Å²) in [6.45, 7) is 4.80. The number of ether oxygens (including phenoxy) is 1. The molecule has 0 aliphatic carbocycles. The number of thiophene rings is 1. The van der Waals surface area contributed by atoms with E-state index in [-0.39, 0.29) is 33.4 Å². The van der Waals surface area contributed by atoms with E-state index in [2.05, 4.69) is 15.4 Å². The Labute approximate surface area is 206 Å². The van der Waals surface area contributed by atoms with Crippen LogP contribution in [0.4, 0.5) is 18.2 Å². The lowest BCUT2D eigenvalue weighted by Crippen LogP contribution is -2.21. The Bertz CT molecular complexity index is 1330. The summed E-state index contributed by atoms with van der Waals surface area (Å²) < 4.78 is 46.1. The molecule has 3 aromatic heterocycles. The van der Waals surface area contributed by atoms with Gasteiger partial charge >= 0.3 is 12.1 Å². The van der Waals surface area contributed by atoms with Crippen LogP contribution < -0.4 is 5.32 Å². The van der Waals surface area contributed by atoms with Crippen LogP contribution in [0.25, 0.3) is 5.65 Å². The average Bonchev–Trinajstić information content (AvgIpc) is 3.27. The smallest absolute Gasteiger partial charge is 0.433 e. The molecule has 188 valence electrons. The summed E-state index contributed by atoms with van der Waals surface area (Å²) in [7, 11) is 3.05. The summed E-state index contributed by atoms with van der Waals surface area (Å²) in [4.78, 5) is 43.8. The first-order chi connectivity index (χ1) is 16.3. The lowest BCUT2D eigenvalue weighted by atomic mass is 10.1. The highest BCUT2D eigenvalue weighted by Crippen LogP contribution is 2.36. The van der Waals surface area contributed by atoms with Gasteiger partial charge in [-0.2, -0.15) is 18.3 Å². The first kappa shape index (κ1) is 26.4.